The Kier molecular flexibility index (Phi) is 4.13. The maximum Gasteiger partial charge on any atom is 0.268 e. The van der Waals surface area contributed by atoms with Gasteiger partial charge in [-0.25, -0.2) is 4.99 Å². The van der Waals surface area contributed by atoms with Gasteiger partial charge in [-0.3, -0.25) is 9.69 Å². The second-order valence-electron chi connectivity index (χ2n) is 6.42. The van der Waals surface area contributed by atoms with Crippen molar-refractivity contribution < 1.29 is 4.79 Å². The van der Waals surface area contributed by atoms with Gasteiger partial charge < -0.3 is 4.90 Å². The van der Waals surface area contributed by atoms with Crippen LogP contribution in [-0.2, 0) is 17.8 Å². The van der Waals surface area contributed by atoms with Gasteiger partial charge in [0.05, 0.1) is 5.69 Å². The van der Waals surface area contributed by atoms with E-state index in [4.69, 9.17) is 0 Å². The SMILES string of the molecule is O=C(C1=Nc2ccccc2C1)N1CCN(Cc2ccccc2)CC1. The van der Waals surface area contributed by atoms with Crippen molar-refractivity contribution in [2.45, 2.75) is 13.0 Å². The lowest BCUT2D eigenvalue weighted by Gasteiger charge is -2.34. The van der Waals surface area contributed by atoms with Crippen LogP contribution in [0.1, 0.15) is 11.1 Å². The second kappa shape index (κ2) is 6.57. The van der Waals surface area contributed by atoms with Crippen molar-refractivity contribution in [2.75, 3.05) is 26.2 Å². The van der Waals surface area contributed by atoms with Crippen LogP contribution in [0, 0.1) is 0 Å². The molecule has 2 aromatic carbocycles. The van der Waals surface area contributed by atoms with Gasteiger partial charge in [-0.1, -0.05) is 48.5 Å². The summed E-state index contributed by atoms with van der Waals surface area (Å²) in [6, 6.07) is 18.5. The van der Waals surface area contributed by atoms with E-state index in [1.165, 1.54) is 5.56 Å². The summed E-state index contributed by atoms with van der Waals surface area (Å²) in [5.74, 6) is 0.102. The molecule has 2 aliphatic heterocycles. The number of nitrogens with zero attached hydrogens (tertiary/aromatic N) is 3. The molecule has 0 radical (unpaired) electrons. The molecule has 0 spiro atoms. The minimum atomic E-state index is 0.102. The topological polar surface area (TPSA) is 35.9 Å². The number of benzene rings is 2. The molecule has 4 nitrogen and oxygen atoms in total. The molecule has 1 fully saturated rings. The Balaban J connectivity index is 1.34. The van der Waals surface area contributed by atoms with Crippen molar-refractivity contribution in [2.24, 2.45) is 4.99 Å². The molecule has 2 aliphatic rings. The highest BCUT2D eigenvalue weighted by molar-refractivity contribution is 6.40. The predicted molar refractivity (Wildman–Crippen MR) is 95.5 cm³/mol. The summed E-state index contributed by atoms with van der Waals surface area (Å²) in [7, 11) is 0. The van der Waals surface area contributed by atoms with Crippen molar-refractivity contribution in [3.05, 3.63) is 65.7 Å². The third kappa shape index (κ3) is 3.10. The fourth-order valence-corrected chi connectivity index (χ4v) is 3.39. The molecule has 0 saturated carbocycles. The molecule has 122 valence electrons. The maximum atomic E-state index is 12.7. The summed E-state index contributed by atoms with van der Waals surface area (Å²) in [6.07, 6.45) is 0.666. The third-order valence-corrected chi connectivity index (χ3v) is 4.76. The first-order valence-electron chi connectivity index (χ1n) is 8.50. The molecule has 0 bridgehead atoms. The average Bonchev–Trinajstić information content (AvgIpc) is 3.07. The highest BCUT2D eigenvalue weighted by Crippen LogP contribution is 2.26. The average molecular weight is 319 g/mol. The van der Waals surface area contributed by atoms with Gasteiger partial charge in [0.15, 0.2) is 0 Å². The van der Waals surface area contributed by atoms with Gasteiger partial charge in [-0.15, -0.1) is 0 Å². The van der Waals surface area contributed by atoms with Crippen LogP contribution in [0.3, 0.4) is 0 Å². The fourth-order valence-electron chi connectivity index (χ4n) is 3.39. The Morgan fingerprint density at radius 1 is 0.917 bits per heavy atom. The van der Waals surface area contributed by atoms with Crippen molar-refractivity contribution in [3.63, 3.8) is 0 Å². The molecule has 0 aliphatic carbocycles. The molecular weight excluding hydrogens is 298 g/mol. The maximum absolute atomic E-state index is 12.7. The Hall–Kier alpha value is -2.46. The molecule has 4 heteroatoms. The Labute approximate surface area is 142 Å². The molecule has 0 atom stereocenters. The van der Waals surface area contributed by atoms with Gasteiger partial charge in [-0.2, -0.15) is 0 Å². The molecule has 0 aromatic heterocycles. The lowest BCUT2D eigenvalue weighted by atomic mass is 10.1. The van der Waals surface area contributed by atoms with Crippen LogP contribution in [0.25, 0.3) is 0 Å². The lowest BCUT2D eigenvalue weighted by Crippen LogP contribution is -2.50. The number of rotatable bonds is 3. The summed E-state index contributed by atoms with van der Waals surface area (Å²) in [5, 5.41) is 0. The molecular formula is C20H21N3O. The third-order valence-electron chi connectivity index (χ3n) is 4.76. The van der Waals surface area contributed by atoms with E-state index < -0.39 is 0 Å². The van der Waals surface area contributed by atoms with E-state index in [0.717, 1.165) is 44.0 Å². The summed E-state index contributed by atoms with van der Waals surface area (Å²) in [4.78, 5) is 21.6. The number of hydrogen-bond donors (Lipinski definition) is 0. The number of aliphatic imine (C=N–C) groups is 1. The minimum absolute atomic E-state index is 0.102. The molecule has 1 saturated heterocycles. The first kappa shape index (κ1) is 15.1. The van der Waals surface area contributed by atoms with Gasteiger partial charge in [0, 0.05) is 39.1 Å². The Morgan fingerprint density at radius 2 is 1.62 bits per heavy atom. The van der Waals surface area contributed by atoms with Gasteiger partial charge >= 0.3 is 0 Å². The van der Waals surface area contributed by atoms with Crippen LogP contribution < -0.4 is 0 Å². The Morgan fingerprint density at radius 3 is 2.38 bits per heavy atom. The molecule has 24 heavy (non-hydrogen) atoms. The zero-order valence-electron chi connectivity index (χ0n) is 13.7. The van der Waals surface area contributed by atoms with Crippen molar-refractivity contribution >= 4 is 17.3 Å². The van der Waals surface area contributed by atoms with Crippen LogP contribution in [-0.4, -0.2) is 47.6 Å². The highest BCUT2D eigenvalue weighted by Gasteiger charge is 2.27. The van der Waals surface area contributed by atoms with E-state index in [9.17, 15) is 4.79 Å². The quantitative estimate of drug-likeness (QED) is 0.872. The number of piperazine rings is 1. The largest absolute Gasteiger partial charge is 0.335 e. The molecule has 2 heterocycles. The summed E-state index contributed by atoms with van der Waals surface area (Å²) in [5.41, 5.74) is 4.12. The summed E-state index contributed by atoms with van der Waals surface area (Å²) < 4.78 is 0. The van der Waals surface area contributed by atoms with E-state index in [1.807, 2.05) is 29.2 Å². The number of amides is 1. The van der Waals surface area contributed by atoms with Crippen molar-refractivity contribution in [1.82, 2.24) is 9.80 Å². The van der Waals surface area contributed by atoms with Gasteiger partial charge in [0.25, 0.3) is 5.91 Å². The van der Waals surface area contributed by atoms with E-state index in [-0.39, 0.29) is 5.91 Å². The first-order valence-corrected chi connectivity index (χ1v) is 8.50. The van der Waals surface area contributed by atoms with Crippen LogP contribution in [0.4, 0.5) is 5.69 Å². The van der Waals surface area contributed by atoms with E-state index in [2.05, 4.69) is 40.2 Å². The molecule has 4 rings (SSSR count). The predicted octanol–water partition coefficient (Wildman–Crippen LogP) is 2.66. The second-order valence-corrected chi connectivity index (χ2v) is 6.42. The fraction of sp³-hybridized carbons (Fsp3) is 0.300. The number of carbonyl (C=O) groups is 1. The number of carbonyl (C=O) groups excluding carboxylic acids is 1. The molecule has 1 amide bonds. The van der Waals surface area contributed by atoms with E-state index >= 15 is 0 Å². The molecule has 0 unspecified atom stereocenters. The molecule has 0 N–H and O–H groups in total. The van der Waals surface area contributed by atoms with E-state index in [0.29, 0.717) is 12.1 Å². The van der Waals surface area contributed by atoms with Gasteiger partial charge in [0.1, 0.15) is 5.71 Å². The van der Waals surface area contributed by atoms with Crippen molar-refractivity contribution in [3.8, 4) is 0 Å². The summed E-state index contributed by atoms with van der Waals surface area (Å²) in [6.45, 7) is 4.35. The van der Waals surface area contributed by atoms with Crippen LogP contribution in [0.2, 0.25) is 0 Å². The smallest absolute Gasteiger partial charge is 0.268 e. The number of fused-ring (bicyclic) bond motifs is 1. The van der Waals surface area contributed by atoms with Gasteiger partial charge in [0.2, 0.25) is 0 Å². The Bertz CT molecular complexity index is 761. The lowest BCUT2D eigenvalue weighted by molar-refractivity contribution is -0.125. The standard InChI is InChI=1S/C20H21N3O/c24-20(19-14-17-8-4-5-9-18(17)21-19)23-12-10-22(11-13-23)15-16-6-2-1-3-7-16/h1-9H,10-15H2. The first-order chi connectivity index (χ1) is 11.8. The normalized spacial score (nSPS) is 17.5. The van der Waals surface area contributed by atoms with Crippen LogP contribution >= 0.6 is 0 Å². The van der Waals surface area contributed by atoms with Gasteiger partial charge in [-0.05, 0) is 17.2 Å². The number of hydrogen-bond acceptors (Lipinski definition) is 3. The zero-order valence-corrected chi connectivity index (χ0v) is 13.7. The monoisotopic (exact) mass is 319 g/mol. The minimum Gasteiger partial charge on any atom is -0.335 e. The molecule has 2 aromatic rings. The highest BCUT2D eigenvalue weighted by atomic mass is 16.2. The van der Waals surface area contributed by atoms with Crippen LogP contribution in [0.15, 0.2) is 59.6 Å². The number of para-hydroxylation sites is 1. The van der Waals surface area contributed by atoms with Crippen molar-refractivity contribution in [1.29, 1.82) is 0 Å². The van der Waals surface area contributed by atoms with Crippen LogP contribution in [0.5, 0.6) is 0 Å². The summed E-state index contributed by atoms with van der Waals surface area (Å²) >= 11 is 0. The van der Waals surface area contributed by atoms with E-state index in [1.54, 1.807) is 0 Å². The zero-order chi connectivity index (χ0) is 16.4.